The van der Waals surface area contributed by atoms with Crippen LogP contribution in [0.5, 0.6) is 0 Å². The van der Waals surface area contributed by atoms with E-state index in [1.165, 1.54) is 0 Å². The summed E-state index contributed by atoms with van der Waals surface area (Å²) in [6.45, 7) is 2.65. The molecule has 0 fully saturated rings. The van der Waals surface area contributed by atoms with Gasteiger partial charge in [0.1, 0.15) is 0 Å². The van der Waals surface area contributed by atoms with E-state index in [9.17, 15) is 4.79 Å². The van der Waals surface area contributed by atoms with E-state index >= 15 is 0 Å². The highest BCUT2D eigenvalue weighted by atomic mass is 16.5. The first-order valence-corrected chi connectivity index (χ1v) is 7.90. The van der Waals surface area contributed by atoms with E-state index in [2.05, 4.69) is 5.32 Å². The molecule has 4 nitrogen and oxygen atoms in total. The predicted molar refractivity (Wildman–Crippen MR) is 93.4 cm³/mol. The number of ether oxygens (including phenoxy) is 1. The van der Waals surface area contributed by atoms with Crippen molar-refractivity contribution in [2.24, 2.45) is 0 Å². The average molecular weight is 312 g/mol. The third-order valence-corrected chi connectivity index (χ3v) is 3.55. The molecule has 0 atom stereocenters. The number of carbonyl (C=O) groups excluding carboxylic acids is 1. The number of hydrogen-bond donors (Lipinski definition) is 1. The van der Waals surface area contributed by atoms with Crippen molar-refractivity contribution in [2.75, 3.05) is 31.7 Å². The minimum atomic E-state index is 0.116. The zero-order chi connectivity index (χ0) is 16.3. The Balaban J connectivity index is 2.00. The van der Waals surface area contributed by atoms with Crippen LogP contribution >= 0.6 is 0 Å². The van der Waals surface area contributed by atoms with Crippen LogP contribution in [-0.2, 0) is 16.1 Å². The zero-order valence-electron chi connectivity index (χ0n) is 13.6. The van der Waals surface area contributed by atoms with Gasteiger partial charge in [-0.15, -0.1) is 0 Å². The van der Waals surface area contributed by atoms with E-state index in [4.69, 9.17) is 4.74 Å². The van der Waals surface area contributed by atoms with Gasteiger partial charge in [-0.1, -0.05) is 48.5 Å². The summed E-state index contributed by atoms with van der Waals surface area (Å²) >= 11 is 0. The molecule has 122 valence electrons. The van der Waals surface area contributed by atoms with Crippen LogP contribution in [0.2, 0.25) is 0 Å². The third-order valence-electron chi connectivity index (χ3n) is 3.55. The molecule has 2 aromatic rings. The van der Waals surface area contributed by atoms with Gasteiger partial charge in [-0.2, -0.15) is 0 Å². The molecule has 2 rings (SSSR count). The lowest BCUT2D eigenvalue weighted by atomic mass is 10.2. The lowest BCUT2D eigenvalue weighted by Crippen LogP contribution is -2.33. The van der Waals surface area contributed by atoms with Crippen LogP contribution in [0.15, 0.2) is 60.7 Å². The fourth-order valence-corrected chi connectivity index (χ4v) is 2.33. The number of nitrogens with one attached hydrogen (secondary N) is 1. The first kappa shape index (κ1) is 17.2. The number of methoxy groups -OCH3 is 1. The molecule has 0 aliphatic heterocycles. The van der Waals surface area contributed by atoms with Crippen LogP contribution in [0, 0.1) is 0 Å². The van der Waals surface area contributed by atoms with Crippen LogP contribution < -0.4 is 10.2 Å². The van der Waals surface area contributed by atoms with Crippen molar-refractivity contribution in [3.63, 3.8) is 0 Å². The van der Waals surface area contributed by atoms with E-state index in [1.54, 1.807) is 7.11 Å². The molecule has 0 saturated heterocycles. The average Bonchev–Trinajstić information content (AvgIpc) is 2.61. The normalized spacial score (nSPS) is 10.5. The summed E-state index contributed by atoms with van der Waals surface area (Å²) in [4.78, 5) is 14.5. The van der Waals surface area contributed by atoms with E-state index < -0.39 is 0 Å². The van der Waals surface area contributed by atoms with Crippen molar-refractivity contribution in [3.8, 4) is 0 Å². The number of benzene rings is 2. The van der Waals surface area contributed by atoms with Crippen molar-refractivity contribution in [2.45, 2.75) is 13.0 Å². The van der Waals surface area contributed by atoms with Crippen LogP contribution in [0.25, 0.3) is 0 Å². The number of nitrogens with zero attached hydrogens (tertiary/aromatic N) is 1. The second-order valence-electron chi connectivity index (χ2n) is 5.29. The quantitative estimate of drug-likeness (QED) is 0.724. The van der Waals surface area contributed by atoms with Crippen LogP contribution in [0.4, 0.5) is 5.69 Å². The number of amides is 1. The first-order chi connectivity index (χ1) is 11.3. The van der Waals surface area contributed by atoms with Crippen LogP contribution in [0.3, 0.4) is 0 Å². The highest BCUT2D eigenvalue weighted by molar-refractivity contribution is 5.93. The molecule has 0 radical (unpaired) electrons. The summed E-state index contributed by atoms with van der Waals surface area (Å²) in [5.74, 6) is 0.116. The molecular weight excluding hydrogens is 288 g/mol. The van der Waals surface area contributed by atoms with Crippen molar-refractivity contribution in [3.05, 3.63) is 66.2 Å². The van der Waals surface area contributed by atoms with Gasteiger partial charge in [0, 0.05) is 32.3 Å². The number of carbonyl (C=O) groups is 1. The summed E-state index contributed by atoms with van der Waals surface area (Å²) < 4.78 is 4.99. The molecule has 0 aromatic heterocycles. The lowest BCUT2D eigenvalue weighted by Gasteiger charge is -2.23. The Morgan fingerprint density at radius 3 is 2.30 bits per heavy atom. The number of para-hydroxylation sites is 1. The fraction of sp³-hybridized carbons (Fsp3) is 0.316. The molecular formula is C19H24N2O2. The van der Waals surface area contributed by atoms with Crippen LogP contribution in [-0.4, -0.2) is 32.7 Å². The molecule has 0 aliphatic rings. The third kappa shape index (κ3) is 5.85. The predicted octanol–water partition coefficient (Wildman–Crippen LogP) is 2.85. The molecule has 0 heterocycles. The molecule has 0 saturated carbocycles. The zero-order valence-corrected chi connectivity index (χ0v) is 13.6. The minimum absolute atomic E-state index is 0.116. The Labute approximate surface area is 138 Å². The van der Waals surface area contributed by atoms with E-state index in [0.29, 0.717) is 26.1 Å². The maximum absolute atomic E-state index is 12.6. The molecule has 0 spiro atoms. The molecule has 4 heteroatoms. The van der Waals surface area contributed by atoms with Crippen molar-refractivity contribution >= 4 is 11.6 Å². The molecule has 0 aliphatic carbocycles. The summed E-state index contributed by atoms with van der Waals surface area (Å²) in [6, 6.07) is 19.9. The van der Waals surface area contributed by atoms with Crippen molar-refractivity contribution in [1.82, 2.24) is 5.32 Å². The SMILES string of the molecule is COCCNCCC(=O)N(Cc1ccccc1)c1ccccc1. The van der Waals surface area contributed by atoms with Gasteiger partial charge < -0.3 is 15.0 Å². The number of hydrogen-bond acceptors (Lipinski definition) is 3. The van der Waals surface area contributed by atoms with Gasteiger partial charge >= 0.3 is 0 Å². The standard InChI is InChI=1S/C19H24N2O2/c1-23-15-14-20-13-12-19(22)21(18-10-6-3-7-11-18)16-17-8-4-2-5-9-17/h2-11,20H,12-16H2,1H3. The van der Waals surface area contributed by atoms with Gasteiger partial charge in [0.15, 0.2) is 0 Å². The fourth-order valence-electron chi connectivity index (χ4n) is 2.33. The smallest absolute Gasteiger partial charge is 0.228 e. The van der Waals surface area contributed by atoms with E-state index in [0.717, 1.165) is 17.8 Å². The number of anilines is 1. The Morgan fingerprint density at radius 1 is 1.00 bits per heavy atom. The second kappa shape index (κ2) is 9.77. The van der Waals surface area contributed by atoms with E-state index in [-0.39, 0.29) is 5.91 Å². The summed E-state index contributed by atoms with van der Waals surface area (Å²) in [5.41, 5.74) is 2.05. The van der Waals surface area contributed by atoms with Crippen molar-refractivity contribution < 1.29 is 9.53 Å². The maximum atomic E-state index is 12.6. The van der Waals surface area contributed by atoms with Crippen molar-refractivity contribution in [1.29, 1.82) is 0 Å². The van der Waals surface area contributed by atoms with Gasteiger partial charge in [0.2, 0.25) is 5.91 Å². The summed E-state index contributed by atoms with van der Waals surface area (Å²) in [6.07, 6.45) is 0.464. The molecule has 1 amide bonds. The van der Waals surface area contributed by atoms with Crippen LogP contribution in [0.1, 0.15) is 12.0 Å². The second-order valence-corrected chi connectivity index (χ2v) is 5.29. The van der Waals surface area contributed by atoms with Gasteiger partial charge in [0.05, 0.1) is 13.2 Å². The monoisotopic (exact) mass is 312 g/mol. The highest BCUT2D eigenvalue weighted by Gasteiger charge is 2.15. The van der Waals surface area contributed by atoms with Gasteiger partial charge in [-0.3, -0.25) is 4.79 Å². The Morgan fingerprint density at radius 2 is 1.65 bits per heavy atom. The largest absolute Gasteiger partial charge is 0.383 e. The van der Waals surface area contributed by atoms with Gasteiger partial charge in [-0.25, -0.2) is 0 Å². The molecule has 0 unspecified atom stereocenters. The molecule has 2 aromatic carbocycles. The first-order valence-electron chi connectivity index (χ1n) is 7.90. The molecule has 23 heavy (non-hydrogen) atoms. The Hall–Kier alpha value is -2.17. The maximum Gasteiger partial charge on any atom is 0.228 e. The Bertz CT molecular complexity index is 572. The summed E-state index contributed by atoms with van der Waals surface area (Å²) in [5, 5.41) is 3.21. The Kier molecular flexibility index (Phi) is 7.30. The highest BCUT2D eigenvalue weighted by Crippen LogP contribution is 2.17. The lowest BCUT2D eigenvalue weighted by molar-refractivity contribution is -0.118. The van der Waals surface area contributed by atoms with Gasteiger partial charge in [0.25, 0.3) is 0 Å². The van der Waals surface area contributed by atoms with Gasteiger partial charge in [-0.05, 0) is 17.7 Å². The minimum Gasteiger partial charge on any atom is -0.383 e. The molecule has 0 bridgehead atoms. The summed E-state index contributed by atoms with van der Waals surface area (Å²) in [7, 11) is 1.67. The van der Waals surface area contributed by atoms with E-state index in [1.807, 2.05) is 65.6 Å². The molecule has 1 N–H and O–H groups in total. The topological polar surface area (TPSA) is 41.6 Å². The number of rotatable bonds is 9.